The van der Waals surface area contributed by atoms with Gasteiger partial charge in [-0.3, -0.25) is 0 Å². The molecule has 3 heteroatoms. The minimum absolute atomic E-state index is 0.0266. The van der Waals surface area contributed by atoms with Crippen molar-refractivity contribution in [1.29, 1.82) is 0 Å². The molecule has 2 N–H and O–H groups in total. The summed E-state index contributed by atoms with van der Waals surface area (Å²) in [6, 6.07) is 10.7. The van der Waals surface area contributed by atoms with E-state index in [1.165, 1.54) is 40.1 Å². The van der Waals surface area contributed by atoms with Crippen molar-refractivity contribution in [1.82, 2.24) is 0 Å². The Morgan fingerprint density at radius 3 is 2.65 bits per heavy atom. The second kappa shape index (κ2) is 5.58. The van der Waals surface area contributed by atoms with E-state index in [4.69, 9.17) is 10.5 Å². The van der Waals surface area contributed by atoms with Crippen molar-refractivity contribution in [3.8, 4) is 5.75 Å². The summed E-state index contributed by atoms with van der Waals surface area (Å²) in [5.41, 5.74) is 9.03. The Balaban J connectivity index is 1.83. The maximum atomic E-state index is 6.19. The fourth-order valence-electron chi connectivity index (χ4n) is 2.80. The van der Waals surface area contributed by atoms with Crippen LogP contribution in [0.2, 0.25) is 0 Å². The van der Waals surface area contributed by atoms with Crippen LogP contribution in [0, 0.1) is 6.92 Å². The van der Waals surface area contributed by atoms with Gasteiger partial charge in [-0.2, -0.15) is 0 Å². The summed E-state index contributed by atoms with van der Waals surface area (Å²) < 4.78 is 6.19. The third-order valence-electron chi connectivity index (χ3n) is 3.85. The number of thiophene rings is 1. The molecule has 0 saturated heterocycles. The Morgan fingerprint density at radius 1 is 1.15 bits per heavy atom. The smallest absolute Gasteiger partial charge is 0.148 e. The van der Waals surface area contributed by atoms with Crippen molar-refractivity contribution in [3.63, 3.8) is 0 Å². The van der Waals surface area contributed by atoms with Crippen LogP contribution in [0.4, 0.5) is 0 Å². The maximum Gasteiger partial charge on any atom is 0.148 e. The maximum absolute atomic E-state index is 6.19. The van der Waals surface area contributed by atoms with E-state index in [1.54, 1.807) is 11.3 Å². The summed E-state index contributed by atoms with van der Waals surface area (Å²) in [5.74, 6) is 0.944. The van der Waals surface area contributed by atoms with Gasteiger partial charge in [0.15, 0.2) is 0 Å². The molecule has 2 unspecified atom stereocenters. The van der Waals surface area contributed by atoms with Crippen LogP contribution >= 0.6 is 11.3 Å². The van der Waals surface area contributed by atoms with E-state index < -0.39 is 0 Å². The Hall–Kier alpha value is -1.32. The monoisotopic (exact) mass is 287 g/mol. The first-order chi connectivity index (χ1) is 9.63. The van der Waals surface area contributed by atoms with Crippen molar-refractivity contribution in [3.05, 3.63) is 51.2 Å². The molecule has 1 heterocycles. The molecule has 0 saturated carbocycles. The van der Waals surface area contributed by atoms with Crippen LogP contribution in [-0.4, -0.2) is 6.04 Å². The van der Waals surface area contributed by atoms with Gasteiger partial charge in [-0.1, -0.05) is 6.07 Å². The second-order valence-corrected chi connectivity index (χ2v) is 6.95. The third kappa shape index (κ3) is 2.74. The molecule has 3 rings (SSSR count). The highest BCUT2D eigenvalue weighted by Crippen LogP contribution is 2.32. The number of ether oxygens (including phenoxy) is 1. The van der Waals surface area contributed by atoms with E-state index >= 15 is 0 Å². The van der Waals surface area contributed by atoms with Gasteiger partial charge in [0.1, 0.15) is 11.9 Å². The molecule has 1 aromatic carbocycles. The minimum Gasteiger partial charge on any atom is -0.483 e. The number of hydrogen-bond acceptors (Lipinski definition) is 3. The molecule has 1 aromatic heterocycles. The molecule has 1 aliphatic carbocycles. The zero-order chi connectivity index (χ0) is 14.1. The first-order valence-electron chi connectivity index (χ1n) is 7.24. The standard InChI is InChI=1S/C17H21NOS/c1-11-6-9-16(20-11)17(12(2)18)19-15-8-7-13-4-3-5-14(13)10-15/h6-10,12,17H,3-5,18H2,1-2H3. The molecule has 20 heavy (non-hydrogen) atoms. The molecule has 2 aromatic rings. The average Bonchev–Trinajstić information content (AvgIpc) is 3.03. The van der Waals surface area contributed by atoms with Gasteiger partial charge in [0.05, 0.1) is 0 Å². The van der Waals surface area contributed by atoms with Crippen molar-refractivity contribution in [2.45, 2.75) is 45.3 Å². The van der Waals surface area contributed by atoms with Crippen LogP contribution in [-0.2, 0) is 12.8 Å². The van der Waals surface area contributed by atoms with Crippen LogP contribution in [0.15, 0.2) is 30.3 Å². The molecule has 0 spiro atoms. The van der Waals surface area contributed by atoms with E-state index in [0.717, 1.165) is 5.75 Å². The fraction of sp³-hybridized carbons (Fsp3) is 0.412. The molecule has 1 aliphatic rings. The zero-order valence-corrected chi connectivity index (χ0v) is 12.9. The lowest BCUT2D eigenvalue weighted by Crippen LogP contribution is -2.28. The van der Waals surface area contributed by atoms with Gasteiger partial charge in [-0.25, -0.2) is 0 Å². The Kier molecular flexibility index (Phi) is 3.81. The summed E-state index contributed by atoms with van der Waals surface area (Å²) in [5, 5.41) is 0. The van der Waals surface area contributed by atoms with Crippen molar-refractivity contribution >= 4 is 11.3 Å². The predicted octanol–water partition coefficient (Wildman–Crippen LogP) is 4.01. The predicted molar refractivity (Wildman–Crippen MR) is 84.5 cm³/mol. The lowest BCUT2D eigenvalue weighted by molar-refractivity contribution is 0.184. The van der Waals surface area contributed by atoms with Crippen LogP contribution in [0.5, 0.6) is 5.75 Å². The first-order valence-corrected chi connectivity index (χ1v) is 8.05. The van der Waals surface area contributed by atoms with E-state index in [0.29, 0.717) is 0 Å². The molecular formula is C17H21NOS. The van der Waals surface area contributed by atoms with Gasteiger partial charge in [0.2, 0.25) is 0 Å². The highest BCUT2D eigenvalue weighted by molar-refractivity contribution is 7.12. The average molecular weight is 287 g/mol. The zero-order valence-electron chi connectivity index (χ0n) is 12.1. The van der Waals surface area contributed by atoms with Crippen LogP contribution in [0.3, 0.4) is 0 Å². The summed E-state index contributed by atoms with van der Waals surface area (Å²) in [4.78, 5) is 2.50. The molecule has 106 valence electrons. The topological polar surface area (TPSA) is 35.2 Å². The van der Waals surface area contributed by atoms with Crippen molar-refractivity contribution in [2.24, 2.45) is 5.73 Å². The Labute approximate surface area is 124 Å². The Morgan fingerprint density at radius 2 is 1.95 bits per heavy atom. The second-order valence-electron chi connectivity index (χ2n) is 5.63. The van der Waals surface area contributed by atoms with E-state index in [-0.39, 0.29) is 12.1 Å². The quantitative estimate of drug-likeness (QED) is 0.922. The number of benzene rings is 1. The highest BCUT2D eigenvalue weighted by atomic mass is 32.1. The number of nitrogens with two attached hydrogens (primary N) is 1. The molecule has 0 aliphatic heterocycles. The number of hydrogen-bond donors (Lipinski definition) is 1. The summed E-state index contributed by atoms with van der Waals surface area (Å²) in [7, 11) is 0. The lowest BCUT2D eigenvalue weighted by Gasteiger charge is -2.22. The lowest BCUT2D eigenvalue weighted by atomic mass is 10.1. The number of fused-ring (bicyclic) bond motifs is 1. The van der Waals surface area contributed by atoms with Gasteiger partial charge in [-0.05, 0) is 68.5 Å². The van der Waals surface area contributed by atoms with Gasteiger partial charge < -0.3 is 10.5 Å². The Bertz CT molecular complexity index is 603. The summed E-state index contributed by atoms with van der Waals surface area (Å²) in [6.45, 7) is 4.12. The molecule has 2 atom stereocenters. The molecular weight excluding hydrogens is 266 g/mol. The van der Waals surface area contributed by atoms with E-state index in [1.807, 2.05) is 6.92 Å². The van der Waals surface area contributed by atoms with Crippen molar-refractivity contribution < 1.29 is 4.74 Å². The van der Waals surface area contributed by atoms with Gasteiger partial charge in [-0.15, -0.1) is 11.3 Å². The minimum atomic E-state index is -0.0619. The molecule has 0 fully saturated rings. The summed E-state index contributed by atoms with van der Waals surface area (Å²) in [6.07, 6.45) is 3.58. The van der Waals surface area contributed by atoms with Gasteiger partial charge in [0.25, 0.3) is 0 Å². The van der Waals surface area contributed by atoms with Gasteiger partial charge in [0, 0.05) is 15.8 Å². The molecule has 0 amide bonds. The fourth-order valence-corrected chi connectivity index (χ4v) is 3.82. The van der Waals surface area contributed by atoms with Crippen LogP contribution < -0.4 is 10.5 Å². The summed E-state index contributed by atoms with van der Waals surface area (Å²) >= 11 is 1.76. The van der Waals surface area contributed by atoms with E-state index in [2.05, 4.69) is 37.3 Å². The van der Waals surface area contributed by atoms with Crippen molar-refractivity contribution in [2.75, 3.05) is 0 Å². The van der Waals surface area contributed by atoms with Gasteiger partial charge >= 0.3 is 0 Å². The first kappa shape index (κ1) is 13.7. The van der Waals surface area contributed by atoms with Crippen LogP contribution in [0.25, 0.3) is 0 Å². The number of rotatable bonds is 4. The molecule has 0 bridgehead atoms. The van der Waals surface area contributed by atoms with Crippen LogP contribution in [0.1, 0.15) is 40.3 Å². The van der Waals surface area contributed by atoms with E-state index in [9.17, 15) is 0 Å². The number of aryl methyl sites for hydroxylation is 3. The SMILES string of the molecule is Cc1ccc(C(Oc2ccc3c(c2)CCC3)C(C)N)s1. The molecule has 2 nitrogen and oxygen atoms in total. The normalized spacial score (nSPS) is 16.8. The largest absolute Gasteiger partial charge is 0.483 e. The third-order valence-corrected chi connectivity index (χ3v) is 4.91. The highest BCUT2D eigenvalue weighted by Gasteiger charge is 2.21. The molecule has 0 radical (unpaired) electrons.